The summed E-state index contributed by atoms with van der Waals surface area (Å²) in [5.74, 6) is 1.02. The van der Waals surface area contributed by atoms with Gasteiger partial charge in [-0.2, -0.15) is 11.3 Å². The average molecular weight is 276 g/mol. The predicted molar refractivity (Wildman–Crippen MR) is 80.1 cm³/mol. The lowest BCUT2D eigenvalue weighted by molar-refractivity contribution is -0.755. The van der Waals surface area contributed by atoms with Crippen molar-refractivity contribution in [2.75, 3.05) is 0 Å². The zero-order valence-electron chi connectivity index (χ0n) is 12.2. The van der Waals surface area contributed by atoms with Gasteiger partial charge in [0, 0.05) is 24.8 Å². The van der Waals surface area contributed by atoms with Crippen molar-refractivity contribution in [1.82, 2.24) is 0 Å². The van der Waals surface area contributed by atoms with Crippen LogP contribution in [0.2, 0.25) is 0 Å². The molecule has 2 N–H and O–H groups in total. The maximum Gasteiger partial charge on any atom is 0.102 e. The molecular weight excluding hydrogens is 250 g/mol. The Morgan fingerprint density at radius 1 is 1.16 bits per heavy atom. The molecule has 1 nitrogen and oxygen atoms in total. The SMILES string of the molecule is C[C@]12CC3CC([NH2+]Cc4ccsc4)(C1)C[C@@](C)(C3)C2. The van der Waals surface area contributed by atoms with E-state index in [2.05, 4.69) is 36.0 Å². The van der Waals surface area contributed by atoms with Gasteiger partial charge in [-0.15, -0.1) is 0 Å². The average Bonchev–Trinajstić information content (AvgIpc) is 2.73. The highest BCUT2D eigenvalue weighted by Crippen LogP contribution is 2.65. The summed E-state index contributed by atoms with van der Waals surface area (Å²) in [6.45, 7) is 6.34. The Kier molecular flexibility index (Phi) is 2.52. The summed E-state index contributed by atoms with van der Waals surface area (Å²) in [6.07, 6.45) is 8.94. The molecule has 1 aromatic rings. The summed E-state index contributed by atoms with van der Waals surface area (Å²) in [5, 5.41) is 7.25. The minimum Gasteiger partial charge on any atom is -0.338 e. The monoisotopic (exact) mass is 276 g/mol. The lowest BCUT2D eigenvalue weighted by atomic mass is 9.43. The van der Waals surface area contributed by atoms with Crippen LogP contribution in [0.25, 0.3) is 0 Å². The van der Waals surface area contributed by atoms with E-state index < -0.39 is 0 Å². The van der Waals surface area contributed by atoms with Gasteiger partial charge in [0.2, 0.25) is 0 Å². The second kappa shape index (κ2) is 3.85. The Morgan fingerprint density at radius 2 is 1.89 bits per heavy atom. The van der Waals surface area contributed by atoms with E-state index in [9.17, 15) is 0 Å². The lowest BCUT2D eigenvalue weighted by Gasteiger charge is -2.63. The molecule has 1 heterocycles. The molecule has 5 rings (SSSR count). The number of thiophene rings is 1. The standard InChI is InChI=1S/C17H25NS/c1-15-5-14-6-16(2,10-15)12-17(7-14,11-15)18-8-13-3-4-19-9-13/h3-4,9,14,18H,5-8,10-12H2,1-2H3/p+1/t14?,15-,16+,17?. The maximum atomic E-state index is 2.72. The van der Waals surface area contributed by atoms with Crippen LogP contribution in [-0.4, -0.2) is 5.54 Å². The van der Waals surface area contributed by atoms with E-state index in [4.69, 9.17) is 0 Å². The van der Waals surface area contributed by atoms with Crippen LogP contribution < -0.4 is 5.32 Å². The normalized spacial score (nSPS) is 47.8. The number of hydrogen-bond acceptors (Lipinski definition) is 1. The lowest BCUT2D eigenvalue weighted by Crippen LogP contribution is -2.98. The third-order valence-corrected chi connectivity index (χ3v) is 6.75. The Balaban J connectivity index is 1.57. The van der Waals surface area contributed by atoms with Crippen LogP contribution >= 0.6 is 11.3 Å². The van der Waals surface area contributed by atoms with Crippen molar-refractivity contribution in [3.05, 3.63) is 22.4 Å². The fraction of sp³-hybridized carbons (Fsp3) is 0.765. The van der Waals surface area contributed by atoms with E-state index in [1.165, 1.54) is 50.6 Å². The van der Waals surface area contributed by atoms with Crippen LogP contribution in [-0.2, 0) is 6.54 Å². The van der Waals surface area contributed by atoms with Gasteiger partial charge in [-0.3, -0.25) is 0 Å². The van der Waals surface area contributed by atoms with Crippen LogP contribution in [0.1, 0.15) is 57.9 Å². The van der Waals surface area contributed by atoms with E-state index in [1.807, 2.05) is 11.3 Å². The zero-order valence-corrected chi connectivity index (χ0v) is 13.1. The van der Waals surface area contributed by atoms with Gasteiger partial charge in [0.15, 0.2) is 0 Å². The number of rotatable bonds is 3. The molecule has 104 valence electrons. The summed E-state index contributed by atoms with van der Waals surface area (Å²) in [4.78, 5) is 0. The van der Waals surface area contributed by atoms with Crippen molar-refractivity contribution in [3.63, 3.8) is 0 Å². The molecule has 0 saturated heterocycles. The summed E-state index contributed by atoms with van der Waals surface area (Å²) >= 11 is 1.84. The molecule has 0 amide bonds. The predicted octanol–water partition coefficient (Wildman–Crippen LogP) is 3.56. The van der Waals surface area contributed by atoms with E-state index in [1.54, 1.807) is 0 Å². The van der Waals surface area contributed by atoms with Gasteiger partial charge >= 0.3 is 0 Å². The minimum atomic E-state index is 0.574. The molecule has 19 heavy (non-hydrogen) atoms. The van der Waals surface area contributed by atoms with Gasteiger partial charge in [0.1, 0.15) is 6.54 Å². The van der Waals surface area contributed by atoms with Crippen molar-refractivity contribution in [1.29, 1.82) is 0 Å². The fourth-order valence-electron chi connectivity index (χ4n) is 6.51. The summed E-state index contributed by atoms with van der Waals surface area (Å²) < 4.78 is 0. The van der Waals surface area contributed by atoms with E-state index in [0.29, 0.717) is 16.4 Å². The van der Waals surface area contributed by atoms with Gasteiger partial charge in [-0.05, 0) is 52.8 Å². The van der Waals surface area contributed by atoms with Gasteiger partial charge in [0.05, 0.1) is 5.54 Å². The first-order chi connectivity index (χ1) is 8.99. The Morgan fingerprint density at radius 3 is 2.47 bits per heavy atom. The molecule has 0 radical (unpaired) electrons. The molecule has 4 atom stereocenters. The molecular formula is C17H26NS+. The maximum absolute atomic E-state index is 2.72. The molecule has 0 aromatic carbocycles. The van der Waals surface area contributed by atoms with E-state index in [-0.39, 0.29) is 0 Å². The van der Waals surface area contributed by atoms with Crippen LogP contribution in [0.4, 0.5) is 0 Å². The smallest absolute Gasteiger partial charge is 0.102 e. The highest BCUT2D eigenvalue weighted by molar-refractivity contribution is 7.07. The topological polar surface area (TPSA) is 16.6 Å². The fourth-order valence-corrected chi connectivity index (χ4v) is 7.19. The molecule has 2 unspecified atom stereocenters. The minimum absolute atomic E-state index is 0.574. The molecule has 4 bridgehead atoms. The van der Waals surface area contributed by atoms with Crippen molar-refractivity contribution < 1.29 is 5.32 Å². The molecule has 2 heteroatoms. The molecule has 1 aromatic heterocycles. The van der Waals surface area contributed by atoms with Gasteiger partial charge in [0.25, 0.3) is 0 Å². The summed E-state index contributed by atoms with van der Waals surface area (Å²) in [6, 6.07) is 2.30. The molecule has 4 saturated carbocycles. The van der Waals surface area contributed by atoms with E-state index >= 15 is 0 Å². The van der Waals surface area contributed by atoms with Crippen LogP contribution in [0.5, 0.6) is 0 Å². The van der Waals surface area contributed by atoms with Gasteiger partial charge in [-0.1, -0.05) is 13.8 Å². The second-order valence-corrected chi connectivity index (χ2v) is 9.31. The van der Waals surface area contributed by atoms with E-state index in [0.717, 1.165) is 5.92 Å². The number of nitrogens with two attached hydrogens (primary N) is 1. The largest absolute Gasteiger partial charge is 0.338 e. The Labute approximate surface area is 120 Å². The van der Waals surface area contributed by atoms with Crippen LogP contribution in [0.3, 0.4) is 0 Å². The van der Waals surface area contributed by atoms with Crippen molar-refractivity contribution in [2.45, 2.75) is 64.5 Å². The molecule has 0 spiro atoms. The van der Waals surface area contributed by atoms with Gasteiger partial charge in [-0.25, -0.2) is 0 Å². The first-order valence-electron chi connectivity index (χ1n) is 7.84. The molecule has 4 aliphatic rings. The molecule has 4 fully saturated rings. The highest BCUT2D eigenvalue weighted by atomic mass is 32.1. The molecule has 4 aliphatic carbocycles. The summed E-state index contributed by atoms with van der Waals surface area (Å²) in [7, 11) is 0. The highest BCUT2D eigenvalue weighted by Gasteiger charge is 2.61. The van der Waals surface area contributed by atoms with Crippen LogP contribution in [0.15, 0.2) is 16.8 Å². The number of quaternary nitrogens is 1. The second-order valence-electron chi connectivity index (χ2n) is 8.53. The number of hydrogen-bond donors (Lipinski definition) is 1. The van der Waals surface area contributed by atoms with Crippen molar-refractivity contribution in [3.8, 4) is 0 Å². The van der Waals surface area contributed by atoms with Crippen LogP contribution in [0, 0.1) is 16.7 Å². The van der Waals surface area contributed by atoms with Crippen molar-refractivity contribution in [2.24, 2.45) is 16.7 Å². The van der Waals surface area contributed by atoms with Gasteiger partial charge < -0.3 is 5.32 Å². The van der Waals surface area contributed by atoms with Crippen molar-refractivity contribution >= 4 is 11.3 Å². The Bertz CT molecular complexity index is 459. The summed E-state index contributed by atoms with van der Waals surface area (Å²) in [5.41, 5.74) is 3.40. The first-order valence-corrected chi connectivity index (χ1v) is 8.78. The third-order valence-electron chi connectivity index (χ3n) is 6.02. The Hall–Kier alpha value is -0.340. The zero-order chi connectivity index (χ0) is 13.1. The quantitative estimate of drug-likeness (QED) is 0.869. The first kappa shape index (κ1) is 12.4. The molecule has 0 aliphatic heterocycles. The third kappa shape index (κ3) is 2.08.